The summed E-state index contributed by atoms with van der Waals surface area (Å²) in [5.41, 5.74) is 3.82. The van der Waals surface area contributed by atoms with Gasteiger partial charge in [-0.3, -0.25) is 14.7 Å². The van der Waals surface area contributed by atoms with Gasteiger partial charge in [0.15, 0.2) is 5.96 Å². The Hall–Kier alpha value is -2.38. The lowest BCUT2D eigenvalue weighted by molar-refractivity contribution is -0.128. The molecule has 6 nitrogen and oxygen atoms in total. The molecule has 1 amide bonds. The number of amides is 1. The van der Waals surface area contributed by atoms with Gasteiger partial charge in [-0.2, -0.15) is 11.3 Å². The Morgan fingerprint density at radius 3 is 2.68 bits per heavy atom. The van der Waals surface area contributed by atoms with Gasteiger partial charge in [-0.15, -0.1) is 0 Å². The topological polar surface area (TPSA) is 60.0 Å². The molecule has 3 heterocycles. The van der Waals surface area contributed by atoms with Gasteiger partial charge in [-0.1, -0.05) is 24.3 Å². The number of carbonyl (C=O) groups is 1. The van der Waals surface area contributed by atoms with Crippen LogP contribution in [0.4, 0.5) is 0 Å². The maximum absolute atomic E-state index is 11.9. The van der Waals surface area contributed by atoms with E-state index in [4.69, 9.17) is 0 Å². The molecule has 0 radical (unpaired) electrons. The molecule has 7 heteroatoms. The largest absolute Gasteiger partial charge is 0.354 e. The fourth-order valence-corrected chi connectivity index (χ4v) is 5.04. The summed E-state index contributed by atoms with van der Waals surface area (Å²) in [7, 11) is 1.83. The van der Waals surface area contributed by atoms with Crippen LogP contribution in [0.5, 0.6) is 0 Å². The summed E-state index contributed by atoms with van der Waals surface area (Å²) in [5, 5.41) is 11.5. The SMILES string of the molecule is CN=C(NCc1cccc(CN2CCCC2=O)c1)NC1CCN(Cc2ccsc2)CC1. The number of nitrogens with zero attached hydrogens (tertiary/aromatic N) is 3. The van der Waals surface area contributed by atoms with E-state index in [1.165, 1.54) is 16.7 Å². The van der Waals surface area contributed by atoms with Crippen molar-refractivity contribution in [3.05, 3.63) is 57.8 Å². The highest BCUT2D eigenvalue weighted by Gasteiger charge is 2.21. The van der Waals surface area contributed by atoms with E-state index in [9.17, 15) is 4.79 Å². The molecule has 2 aliphatic rings. The molecule has 2 aromatic rings. The number of guanidine groups is 1. The van der Waals surface area contributed by atoms with Crippen molar-refractivity contribution in [3.63, 3.8) is 0 Å². The molecule has 4 rings (SSSR count). The molecule has 31 heavy (non-hydrogen) atoms. The Bertz CT molecular complexity index is 874. The number of hydrogen-bond donors (Lipinski definition) is 2. The van der Waals surface area contributed by atoms with Gasteiger partial charge >= 0.3 is 0 Å². The molecule has 1 aromatic carbocycles. The van der Waals surface area contributed by atoms with Crippen LogP contribution in [0.15, 0.2) is 46.1 Å². The highest BCUT2D eigenvalue weighted by molar-refractivity contribution is 7.07. The number of rotatable bonds is 7. The summed E-state index contributed by atoms with van der Waals surface area (Å²) < 4.78 is 0. The van der Waals surface area contributed by atoms with Crippen molar-refractivity contribution in [2.75, 3.05) is 26.7 Å². The quantitative estimate of drug-likeness (QED) is 0.514. The van der Waals surface area contributed by atoms with E-state index in [2.05, 4.69) is 61.6 Å². The fraction of sp³-hybridized carbons (Fsp3) is 0.500. The molecule has 2 N–H and O–H groups in total. The third kappa shape index (κ3) is 6.31. The van der Waals surface area contributed by atoms with E-state index in [0.29, 0.717) is 19.0 Å². The second-order valence-corrected chi connectivity index (χ2v) is 9.27. The molecule has 0 atom stereocenters. The molecule has 0 bridgehead atoms. The molecule has 0 unspecified atom stereocenters. The fourth-order valence-electron chi connectivity index (χ4n) is 4.38. The molecule has 1 aromatic heterocycles. The summed E-state index contributed by atoms with van der Waals surface area (Å²) in [6, 6.07) is 11.2. The first-order valence-corrected chi connectivity index (χ1v) is 12.2. The lowest BCUT2D eigenvalue weighted by Gasteiger charge is -2.33. The zero-order chi connectivity index (χ0) is 21.5. The van der Waals surface area contributed by atoms with Crippen LogP contribution in [0.25, 0.3) is 0 Å². The standard InChI is InChI=1S/C24H33N5OS/c1-25-24(27-22-7-11-28(12-8-22)16-21-9-13-31-18-21)26-15-19-4-2-5-20(14-19)17-29-10-3-6-23(29)30/h2,4-5,9,13-14,18,22H,3,6-8,10-12,15-17H2,1H3,(H2,25,26,27). The molecular formula is C24H33N5OS. The Morgan fingerprint density at radius 2 is 1.97 bits per heavy atom. The van der Waals surface area contributed by atoms with Crippen molar-refractivity contribution in [1.82, 2.24) is 20.4 Å². The summed E-state index contributed by atoms with van der Waals surface area (Å²) >= 11 is 1.77. The summed E-state index contributed by atoms with van der Waals surface area (Å²) in [6.45, 7) is 5.60. The van der Waals surface area contributed by atoms with E-state index in [1.54, 1.807) is 11.3 Å². The summed E-state index contributed by atoms with van der Waals surface area (Å²) in [4.78, 5) is 20.8. The van der Waals surface area contributed by atoms with E-state index in [0.717, 1.165) is 57.9 Å². The van der Waals surface area contributed by atoms with Gasteiger partial charge in [-0.25, -0.2) is 0 Å². The number of carbonyl (C=O) groups excluding carboxylic acids is 1. The van der Waals surface area contributed by atoms with Crippen LogP contribution < -0.4 is 10.6 Å². The zero-order valence-electron chi connectivity index (χ0n) is 18.3. The molecule has 166 valence electrons. The van der Waals surface area contributed by atoms with Gasteiger partial charge in [-0.05, 0) is 52.8 Å². The first kappa shape index (κ1) is 21.8. The second kappa shape index (κ2) is 10.8. The van der Waals surface area contributed by atoms with Gasteiger partial charge in [0.25, 0.3) is 0 Å². The van der Waals surface area contributed by atoms with Crippen molar-refractivity contribution in [3.8, 4) is 0 Å². The monoisotopic (exact) mass is 439 g/mol. The van der Waals surface area contributed by atoms with Gasteiger partial charge in [0.1, 0.15) is 0 Å². The van der Waals surface area contributed by atoms with Crippen LogP contribution in [0.3, 0.4) is 0 Å². The lowest BCUT2D eigenvalue weighted by Crippen LogP contribution is -2.48. The Balaban J connectivity index is 1.22. The minimum atomic E-state index is 0.273. The lowest BCUT2D eigenvalue weighted by atomic mass is 10.0. The molecule has 2 saturated heterocycles. The molecule has 0 aliphatic carbocycles. The van der Waals surface area contributed by atoms with Crippen molar-refractivity contribution < 1.29 is 4.79 Å². The van der Waals surface area contributed by atoms with Gasteiger partial charge in [0.05, 0.1) is 0 Å². The van der Waals surface area contributed by atoms with Crippen molar-refractivity contribution in [1.29, 1.82) is 0 Å². The Kier molecular flexibility index (Phi) is 7.59. The maximum atomic E-state index is 11.9. The highest BCUT2D eigenvalue weighted by Crippen LogP contribution is 2.17. The van der Waals surface area contributed by atoms with Crippen LogP contribution in [0.1, 0.15) is 42.4 Å². The number of benzene rings is 1. The average molecular weight is 440 g/mol. The molecule has 0 saturated carbocycles. The van der Waals surface area contributed by atoms with Crippen LogP contribution in [0.2, 0.25) is 0 Å². The predicted octanol–water partition coefficient (Wildman–Crippen LogP) is 3.20. The number of piperidine rings is 1. The maximum Gasteiger partial charge on any atom is 0.222 e. The third-order valence-electron chi connectivity index (χ3n) is 6.13. The van der Waals surface area contributed by atoms with Crippen molar-refractivity contribution in [2.45, 2.75) is 51.4 Å². The van der Waals surface area contributed by atoms with Gasteiger partial charge in [0.2, 0.25) is 5.91 Å². The summed E-state index contributed by atoms with van der Waals surface area (Å²) in [6.07, 6.45) is 3.93. The van der Waals surface area contributed by atoms with E-state index < -0.39 is 0 Å². The van der Waals surface area contributed by atoms with Crippen LogP contribution >= 0.6 is 11.3 Å². The number of nitrogens with one attached hydrogen (secondary N) is 2. The van der Waals surface area contributed by atoms with Gasteiger partial charge < -0.3 is 15.5 Å². The number of hydrogen-bond acceptors (Lipinski definition) is 4. The minimum Gasteiger partial charge on any atom is -0.354 e. The Morgan fingerprint density at radius 1 is 1.13 bits per heavy atom. The molecular weight excluding hydrogens is 406 g/mol. The zero-order valence-corrected chi connectivity index (χ0v) is 19.2. The number of thiophene rings is 1. The first-order chi connectivity index (χ1) is 15.2. The smallest absolute Gasteiger partial charge is 0.222 e. The number of aliphatic imine (C=N–C) groups is 1. The number of likely N-dealkylation sites (tertiary alicyclic amines) is 2. The highest BCUT2D eigenvalue weighted by atomic mass is 32.1. The van der Waals surface area contributed by atoms with Crippen molar-refractivity contribution >= 4 is 23.2 Å². The van der Waals surface area contributed by atoms with E-state index in [1.807, 2.05) is 11.9 Å². The average Bonchev–Trinajstić information content (AvgIpc) is 3.44. The summed E-state index contributed by atoms with van der Waals surface area (Å²) in [5.74, 6) is 1.13. The Labute approximate surface area is 189 Å². The van der Waals surface area contributed by atoms with Crippen LogP contribution in [-0.2, 0) is 24.4 Å². The molecule has 2 aliphatic heterocycles. The van der Waals surface area contributed by atoms with Crippen LogP contribution in [0, 0.1) is 0 Å². The van der Waals surface area contributed by atoms with E-state index >= 15 is 0 Å². The second-order valence-electron chi connectivity index (χ2n) is 8.49. The third-order valence-corrected chi connectivity index (χ3v) is 6.87. The van der Waals surface area contributed by atoms with Gasteiger partial charge in [0, 0.05) is 58.8 Å². The van der Waals surface area contributed by atoms with Crippen molar-refractivity contribution in [2.24, 2.45) is 4.99 Å². The minimum absolute atomic E-state index is 0.273. The van der Waals surface area contributed by atoms with E-state index in [-0.39, 0.29) is 5.91 Å². The normalized spacial score (nSPS) is 18.5. The predicted molar refractivity (Wildman–Crippen MR) is 127 cm³/mol. The van der Waals surface area contributed by atoms with Crippen LogP contribution in [-0.4, -0.2) is 54.4 Å². The molecule has 0 spiro atoms. The molecule has 2 fully saturated rings. The first-order valence-electron chi connectivity index (χ1n) is 11.3.